The lowest BCUT2D eigenvalue weighted by Gasteiger charge is -2.10. The molecule has 0 N–H and O–H groups in total. The average Bonchev–Trinajstić information content (AvgIpc) is 2.02. The minimum absolute atomic E-state index is 0.0532. The molecule has 2 rings (SSSR count). The molecule has 0 aromatic heterocycles. The van der Waals surface area contributed by atoms with Crippen molar-refractivity contribution < 1.29 is 4.79 Å². The molecule has 0 aliphatic carbocycles. The van der Waals surface area contributed by atoms with Crippen LogP contribution in [-0.2, 0) is 11.2 Å². The van der Waals surface area contributed by atoms with E-state index in [1.807, 2.05) is 12.1 Å². The van der Waals surface area contributed by atoms with Gasteiger partial charge in [0, 0.05) is 15.4 Å². The number of aliphatic imine (C=N–C) groups is 1. The molecule has 2 nitrogen and oxygen atoms in total. The highest BCUT2D eigenvalue weighted by Gasteiger charge is 2.14. The third kappa shape index (κ3) is 1.74. The standard InChI is InChI=1S/C9H5Br2NO/c10-6-1-5-2-7(13)4-12-9(5)8(11)3-6/h1,3-4H,2H2. The zero-order valence-corrected chi connectivity index (χ0v) is 9.72. The van der Waals surface area contributed by atoms with E-state index >= 15 is 0 Å². The third-order valence-electron chi connectivity index (χ3n) is 1.81. The lowest BCUT2D eigenvalue weighted by molar-refractivity contribution is -0.112. The summed E-state index contributed by atoms with van der Waals surface area (Å²) < 4.78 is 1.88. The van der Waals surface area contributed by atoms with Crippen LogP contribution in [0, 0.1) is 0 Å². The second kappa shape index (κ2) is 3.35. The maximum Gasteiger partial charge on any atom is 0.178 e. The number of hydrogen-bond acceptors (Lipinski definition) is 2. The molecule has 0 radical (unpaired) electrons. The maximum absolute atomic E-state index is 11.1. The summed E-state index contributed by atoms with van der Waals surface area (Å²) in [5.41, 5.74) is 1.83. The molecule has 1 aromatic rings. The molecule has 1 aliphatic rings. The van der Waals surface area contributed by atoms with Crippen LogP contribution in [0.1, 0.15) is 5.56 Å². The van der Waals surface area contributed by atoms with E-state index in [4.69, 9.17) is 0 Å². The van der Waals surface area contributed by atoms with Crippen LogP contribution in [-0.4, -0.2) is 12.0 Å². The van der Waals surface area contributed by atoms with Crippen molar-refractivity contribution in [3.8, 4) is 0 Å². The fourth-order valence-corrected chi connectivity index (χ4v) is 2.68. The Morgan fingerprint density at radius 3 is 2.85 bits per heavy atom. The van der Waals surface area contributed by atoms with Crippen molar-refractivity contribution in [2.45, 2.75) is 6.42 Å². The fourth-order valence-electron chi connectivity index (χ4n) is 1.27. The van der Waals surface area contributed by atoms with Gasteiger partial charge in [0.05, 0.1) is 11.9 Å². The summed E-state index contributed by atoms with van der Waals surface area (Å²) in [6.45, 7) is 0. The summed E-state index contributed by atoms with van der Waals surface area (Å²) in [7, 11) is 0. The Kier molecular flexibility index (Phi) is 2.34. The molecule has 1 aliphatic heterocycles. The van der Waals surface area contributed by atoms with E-state index in [-0.39, 0.29) is 5.78 Å². The maximum atomic E-state index is 11.1. The van der Waals surface area contributed by atoms with Gasteiger partial charge in [0.2, 0.25) is 0 Å². The first-order chi connectivity index (χ1) is 6.16. The number of carbonyl (C=O) groups is 1. The van der Waals surface area contributed by atoms with Gasteiger partial charge in [-0.15, -0.1) is 0 Å². The highest BCUT2D eigenvalue weighted by Crippen LogP contribution is 2.34. The highest BCUT2D eigenvalue weighted by molar-refractivity contribution is 9.11. The average molecular weight is 303 g/mol. The van der Waals surface area contributed by atoms with E-state index in [1.165, 1.54) is 6.21 Å². The molecule has 0 saturated heterocycles. The highest BCUT2D eigenvalue weighted by atomic mass is 79.9. The van der Waals surface area contributed by atoms with Crippen LogP contribution in [0.5, 0.6) is 0 Å². The van der Waals surface area contributed by atoms with E-state index in [9.17, 15) is 4.79 Å². The van der Waals surface area contributed by atoms with Crippen LogP contribution < -0.4 is 0 Å². The molecule has 4 heteroatoms. The third-order valence-corrected chi connectivity index (χ3v) is 2.87. The largest absolute Gasteiger partial charge is 0.293 e. The minimum atomic E-state index is 0.0532. The zero-order valence-electron chi connectivity index (χ0n) is 6.55. The van der Waals surface area contributed by atoms with Crippen molar-refractivity contribution in [2.24, 2.45) is 4.99 Å². The van der Waals surface area contributed by atoms with Crippen molar-refractivity contribution in [3.05, 3.63) is 26.6 Å². The predicted octanol–water partition coefficient (Wildman–Crippen LogP) is 3.04. The molecule has 66 valence electrons. The van der Waals surface area contributed by atoms with Gasteiger partial charge in [0.15, 0.2) is 5.78 Å². The monoisotopic (exact) mass is 301 g/mol. The van der Waals surface area contributed by atoms with E-state index in [1.54, 1.807) is 0 Å². The van der Waals surface area contributed by atoms with E-state index < -0.39 is 0 Å². The SMILES string of the molecule is O=C1C=Nc2c(Br)cc(Br)cc2C1. The summed E-state index contributed by atoms with van der Waals surface area (Å²) in [5, 5.41) is 0. The Morgan fingerprint density at radius 2 is 2.08 bits per heavy atom. The Balaban J connectivity index is 2.62. The van der Waals surface area contributed by atoms with Crippen LogP contribution in [0.15, 0.2) is 26.1 Å². The Hall–Kier alpha value is -0.480. The first kappa shape index (κ1) is 9.09. The van der Waals surface area contributed by atoms with Gasteiger partial charge in [-0.3, -0.25) is 9.79 Å². The van der Waals surface area contributed by atoms with Crippen LogP contribution >= 0.6 is 31.9 Å². The van der Waals surface area contributed by atoms with Crippen LogP contribution in [0.4, 0.5) is 5.69 Å². The van der Waals surface area contributed by atoms with Crippen molar-refractivity contribution >= 4 is 49.5 Å². The molecule has 13 heavy (non-hydrogen) atoms. The summed E-state index contributed by atoms with van der Waals surface area (Å²) in [6.07, 6.45) is 1.82. The van der Waals surface area contributed by atoms with Crippen molar-refractivity contribution in [1.29, 1.82) is 0 Å². The molecule has 0 fully saturated rings. The smallest absolute Gasteiger partial charge is 0.178 e. The molecule has 0 saturated carbocycles. The molecular weight excluding hydrogens is 298 g/mol. The van der Waals surface area contributed by atoms with E-state index in [0.29, 0.717) is 6.42 Å². The van der Waals surface area contributed by atoms with Crippen LogP contribution in [0.3, 0.4) is 0 Å². The van der Waals surface area contributed by atoms with E-state index in [2.05, 4.69) is 36.9 Å². The van der Waals surface area contributed by atoms with Crippen molar-refractivity contribution in [2.75, 3.05) is 0 Å². The molecule has 1 aromatic carbocycles. The zero-order chi connectivity index (χ0) is 9.42. The molecule has 0 amide bonds. The quantitative estimate of drug-likeness (QED) is 0.724. The first-order valence-electron chi connectivity index (χ1n) is 3.71. The van der Waals surface area contributed by atoms with Gasteiger partial charge in [-0.25, -0.2) is 0 Å². The minimum Gasteiger partial charge on any atom is -0.293 e. The van der Waals surface area contributed by atoms with Crippen molar-refractivity contribution in [1.82, 2.24) is 0 Å². The predicted molar refractivity (Wildman–Crippen MR) is 58.7 cm³/mol. The van der Waals surface area contributed by atoms with E-state index in [0.717, 1.165) is 20.2 Å². The molecule has 0 atom stereocenters. The second-order valence-corrected chi connectivity index (χ2v) is 4.57. The summed E-state index contributed by atoms with van der Waals surface area (Å²) in [6, 6.07) is 3.85. The number of carbonyl (C=O) groups excluding carboxylic acids is 1. The van der Waals surface area contributed by atoms with Gasteiger partial charge in [0.1, 0.15) is 0 Å². The van der Waals surface area contributed by atoms with Gasteiger partial charge in [-0.05, 0) is 33.6 Å². The first-order valence-corrected chi connectivity index (χ1v) is 5.30. The molecule has 0 bridgehead atoms. The number of rotatable bonds is 0. The number of fused-ring (bicyclic) bond motifs is 1. The summed E-state index contributed by atoms with van der Waals surface area (Å²) >= 11 is 6.77. The number of halogens is 2. The van der Waals surface area contributed by atoms with Crippen LogP contribution in [0.2, 0.25) is 0 Å². The van der Waals surface area contributed by atoms with Crippen LogP contribution in [0.25, 0.3) is 0 Å². The topological polar surface area (TPSA) is 29.4 Å². The number of ketones is 1. The van der Waals surface area contributed by atoms with Gasteiger partial charge in [-0.1, -0.05) is 15.9 Å². The molecule has 0 unspecified atom stereocenters. The van der Waals surface area contributed by atoms with Gasteiger partial charge in [-0.2, -0.15) is 0 Å². The molecule has 1 heterocycles. The van der Waals surface area contributed by atoms with Gasteiger partial charge in [0.25, 0.3) is 0 Å². The Bertz CT molecular complexity index is 412. The number of benzene rings is 1. The molecule has 0 spiro atoms. The Morgan fingerprint density at radius 1 is 1.31 bits per heavy atom. The number of Topliss-reactive ketones (excluding diaryl/α,β-unsaturated/α-hetero) is 1. The number of nitrogens with zero attached hydrogens (tertiary/aromatic N) is 1. The van der Waals surface area contributed by atoms with Gasteiger partial charge >= 0.3 is 0 Å². The Labute approximate surface area is 92.3 Å². The lowest BCUT2D eigenvalue weighted by atomic mass is 10.1. The van der Waals surface area contributed by atoms with Gasteiger partial charge < -0.3 is 0 Å². The normalized spacial score (nSPS) is 14.5. The summed E-state index contributed by atoms with van der Waals surface area (Å²) in [4.78, 5) is 15.1. The van der Waals surface area contributed by atoms with Crippen molar-refractivity contribution in [3.63, 3.8) is 0 Å². The lowest BCUT2D eigenvalue weighted by Crippen LogP contribution is -2.08. The summed E-state index contributed by atoms with van der Waals surface area (Å²) in [5.74, 6) is 0.0532. The molecular formula is C9H5Br2NO. The fraction of sp³-hybridized carbons (Fsp3) is 0.111. The number of hydrogen-bond donors (Lipinski definition) is 0. The second-order valence-electron chi connectivity index (χ2n) is 2.80.